The van der Waals surface area contributed by atoms with Crippen LogP contribution in [-0.4, -0.2) is 36.1 Å². The Morgan fingerprint density at radius 2 is 2.21 bits per heavy atom. The first kappa shape index (κ1) is 13.6. The second-order valence-corrected chi connectivity index (χ2v) is 4.72. The minimum atomic E-state index is -0.416. The van der Waals surface area contributed by atoms with E-state index < -0.39 is 5.91 Å². The van der Waals surface area contributed by atoms with Gasteiger partial charge in [0.25, 0.3) is 5.91 Å². The highest BCUT2D eigenvalue weighted by Gasteiger charge is 2.25. The fourth-order valence-corrected chi connectivity index (χ4v) is 2.22. The van der Waals surface area contributed by atoms with Gasteiger partial charge in [0.05, 0.1) is 18.9 Å². The highest BCUT2D eigenvalue weighted by molar-refractivity contribution is 5.94. The number of rotatable bonds is 5. The molecule has 1 aliphatic rings. The van der Waals surface area contributed by atoms with Gasteiger partial charge in [-0.05, 0) is 25.0 Å². The summed E-state index contributed by atoms with van der Waals surface area (Å²) in [6.45, 7) is 0.360. The molecule has 0 saturated heterocycles. The topological polar surface area (TPSA) is 91.6 Å². The molecule has 1 heterocycles. The highest BCUT2D eigenvalue weighted by atomic mass is 16.3. The summed E-state index contributed by atoms with van der Waals surface area (Å²) in [7, 11) is 0. The van der Waals surface area contributed by atoms with Gasteiger partial charge in [0, 0.05) is 12.5 Å². The lowest BCUT2D eigenvalue weighted by molar-refractivity contribution is -0.120. The van der Waals surface area contributed by atoms with E-state index in [0.717, 1.165) is 19.3 Å². The van der Waals surface area contributed by atoms with Crippen molar-refractivity contribution in [2.45, 2.75) is 25.4 Å². The normalized spacial score (nSPS) is 22.2. The number of carbonyl (C=O) groups excluding carboxylic acids is 2. The van der Waals surface area contributed by atoms with E-state index in [-0.39, 0.29) is 30.2 Å². The van der Waals surface area contributed by atoms with Crippen LogP contribution >= 0.6 is 0 Å². The third-order valence-electron chi connectivity index (χ3n) is 3.33. The van der Waals surface area contributed by atoms with Crippen molar-refractivity contribution in [3.05, 3.63) is 24.2 Å². The molecule has 1 aliphatic carbocycles. The molecule has 6 nitrogen and oxygen atoms in total. The van der Waals surface area contributed by atoms with Crippen LogP contribution in [-0.2, 0) is 4.79 Å². The quantitative estimate of drug-likeness (QED) is 0.714. The molecule has 2 unspecified atom stereocenters. The van der Waals surface area contributed by atoms with E-state index in [9.17, 15) is 14.7 Å². The van der Waals surface area contributed by atoms with Crippen LogP contribution in [0, 0.1) is 5.92 Å². The van der Waals surface area contributed by atoms with Crippen molar-refractivity contribution >= 4 is 11.8 Å². The van der Waals surface area contributed by atoms with Gasteiger partial charge in [0.15, 0.2) is 5.76 Å². The third-order valence-corrected chi connectivity index (χ3v) is 3.33. The standard InChI is InChI=1S/C13H18N2O4/c16-10-4-1-3-9(10)7-14-12(17)8-15-13(18)11-5-2-6-19-11/h2,5-6,9-10,16H,1,3-4,7-8H2,(H,14,17)(H,15,18). The zero-order valence-electron chi connectivity index (χ0n) is 10.6. The number of amides is 2. The van der Waals surface area contributed by atoms with Crippen LogP contribution in [0.15, 0.2) is 22.8 Å². The molecule has 1 aromatic heterocycles. The lowest BCUT2D eigenvalue weighted by Gasteiger charge is -2.15. The second-order valence-electron chi connectivity index (χ2n) is 4.72. The van der Waals surface area contributed by atoms with Crippen molar-refractivity contribution in [2.75, 3.05) is 13.1 Å². The summed E-state index contributed by atoms with van der Waals surface area (Å²) in [4.78, 5) is 23.0. The molecule has 0 aliphatic heterocycles. The molecule has 6 heteroatoms. The summed E-state index contributed by atoms with van der Waals surface area (Å²) >= 11 is 0. The van der Waals surface area contributed by atoms with Gasteiger partial charge in [-0.25, -0.2) is 0 Å². The number of aliphatic hydroxyl groups excluding tert-OH is 1. The van der Waals surface area contributed by atoms with Gasteiger partial charge >= 0.3 is 0 Å². The van der Waals surface area contributed by atoms with Crippen molar-refractivity contribution in [1.29, 1.82) is 0 Å². The first-order chi connectivity index (χ1) is 9.16. The average molecular weight is 266 g/mol. The van der Waals surface area contributed by atoms with Gasteiger partial charge in [-0.15, -0.1) is 0 Å². The first-order valence-corrected chi connectivity index (χ1v) is 6.43. The molecule has 2 atom stereocenters. The van der Waals surface area contributed by atoms with E-state index in [1.807, 2.05) is 0 Å². The number of carbonyl (C=O) groups is 2. The van der Waals surface area contributed by atoms with E-state index in [1.54, 1.807) is 6.07 Å². The molecule has 1 fully saturated rings. The molecule has 1 aromatic rings. The molecular formula is C13H18N2O4. The summed E-state index contributed by atoms with van der Waals surface area (Å²) in [5.41, 5.74) is 0. The van der Waals surface area contributed by atoms with Crippen molar-refractivity contribution < 1.29 is 19.1 Å². The molecule has 3 N–H and O–H groups in total. The van der Waals surface area contributed by atoms with E-state index in [4.69, 9.17) is 4.42 Å². The highest BCUT2D eigenvalue weighted by Crippen LogP contribution is 2.24. The summed E-state index contributed by atoms with van der Waals surface area (Å²) in [5, 5.41) is 14.8. The number of hydrogen-bond acceptors (Lipinski definition) is 4. The van der Waals surface area contributed by atoms with Crippen molar-refractivity contribution in [2.24, 2.45) is 5.92 Å². The fraction of sp³-hybridized carbons (Fsp3) is 0.538. The maximum atomic E-state index is 11.5. The SMILES string of the molecule is O=C(CNC(=O)c1ccco1)NCC1CCCC1O. The average Bonchev–Trinajstić information content (AvgIpc) is 3.05. The van der Waals surface area contributed by atoms with Gasteiger partial charge in [-0.1, -0.05) is 6.42 Å². The minimum absolute atomic E-state index is 0.0949. The molecule has 2 rings (SSSR count). The predicted molar refractivity (Wildman–Crippen MR) is 67.4 cm³/mol. The molecule has 104 valence electrons. The lowest BCUT2D eigenvalue weighted by atomic mass is 10.1. The van der Waals surface area contributed by atoms with Crippen molar-refractivity contribution in [3.63, 3.8) is 0 Å². The lowest BCUT2D eigenvalue weighted by Crippen LogP contribution is -2.39. The number of hydrogen-bond donors (Lipinski definition) is 3. The first-order valence-electron chi connectivity index (χ1n) is 6.43. The molecule has 0 aromatic carbocycles. The third kappa shape index (κ3) is 3.82. The van der Waals surface area contributed by atoms with Gasteiger partial charge in [-0.3, -0.25) is 9.59 Å². The molecule has 1 saturated carbocycles. The van der Waals surface area contributed by atoms with Crippen LogP contribution in [0.1, 0.15) is 29.8 Å². The van der Waals surface area contributed by atoms with E-state index in [2.05, 4.69) is 10.6 Å². The zero-order chi connectivity index (χ0) is 13.7. The second kappa shape index (κ2) is 6.38. The Hall–Kier alpha value is -1.82. The van der Waals surface area contributed by atoms with Crippen LogP contribution in [0.5, 0.6) is 0 Å². The zero-order valence-corrected chi connectivity index (χ0v) is 10.6. The molecule has 0 radical (unpaired) electrons. The van der Waals surface area contributed by atoms with Crippen LogP contribution in [0.25, 0.3) is 0 Å². The largest absolute Gasteiger partial charge is 0.459 e. The Morgan fingerprint density at radius 3 is 2.84 bits per heavy atom. The Balaban J connectivity index is 1.66. The Labute approximate surface area is 111 Å². The molecule has 0 spiro atoms. The molecule has 0 bridgehead atoms. The van der Waals surface area contributed by atoms with Gasteiger partial charge < -0.3 is 20.2 Å². The maximum Gasteiger partial charge on any atom is 0.287 e. The van der Waals surface area contributed by atoms with Gasteiger partial charge in [0.1, 0.15) is 0 Å². The monoisotopic (exact) mass is 266 g/mol. The van der Waals surface area contributed by atoms with E-state index in [0.29, 0.717) is 6.54 Å². The van der Waals surface area contributed by atoms with Crippen LogP contribution in [0.4, 0.5) is 0 Å². The molecule has 19 heavy (non-hydrogen) atoms. The van der Waals surface area contributed by atoms with Crippen LogP contribution in [0.2, 0.25) is 0 Å². The number of nitrogens with one attached hydrogen (secondary N) is 2. The van der Waals surface area contributed by atoms with E-state index in [1.165, 1.54) is 12.3 Å². The van der Waals surface area contributed by atoms with Crippen LogP contribution < -0.4 is 10.6 Å². The maximum absolute atomic E-state index is 11.5. The smallest absolute Gasteiger partial charge is 0.287 e. The van der Waals surface area contributed by atoms with Crippen molar-refractivity contribution in [1.82, 2.24) is 10.6 Å². The predicted octanol–water partition coefficient (Wildman–Crippen LogP) is 0.287. The van der Waals surface area contributed by atoms with Crippen LogP contribution in [0.3, 0.4) is 0 Å². The molecule has 2 amide bonds. The number of furan rings is 1. The summed E-state index contributed by atoms with van der Waals surface area (Å²) in [5.74, 6) is -0.371. The Bertz CT molecular complexity index is 430. The summed E-state index contributed by atoms with van der Waals surface area (Å²) < 4.78 is 4.91. The fourth-order valence-electron chi connectivity index (χ4n) is 2.22. The van der Waals surface area contributed by atoms with Gasteiger partial charge in [-0.2, -0.15) is 0 Å². The summed E-state index contributed by atoms with van der Waals surface area (Å²) in [6, 6.07) is 3.14. The molecular weight excluding hydrogens is 248 g/mol. The Morgan fingerprint density at radius 1 is 1.37 bits per heavy atom. The van der Waals surface area contributed by atoms with Gasteiger partial charge in [0.2, 0.25) is 5.91 Å². The van der Waals surface area contributed by atoms with E-state index >= 15 is 0 Å². The number of aliphatic hydroxyl groups is 1. The Kier molecular flexibility index (Phi) is 4.57. The van der Waals surface area contributed by atoms with Crippen molar-refractivity contribution in [3.8, 4) is 0 Å². The summed E-state index contributed by atoms with van der Waals surface area (Å²) in [6.07, 6.45) is 3.81. The minimum Gasteiger partial charge on any atom is -0.459 e.